The van der Waals surface area contributed by atoms with E-state index in [0.29, 0.717) is 13.1 Å². The van der Waals surface area contributed by atoms with Crippen molar-refractivity contribution in [1.82, 2.24) is 14.9 Å². The highest BCUT2D eigenvalue weighted by Gasteiger charge is 2.32. The molecule has 88 valence electrons. The minimum absolute atomic E-state index is 0.483. The topological polar surface area (TPSA) is 49.2 Å². The van der Waals surface area contributed by atoms with Crippen LogP contribution in [0.2, 0.25) is 0 Å². The van der Waals surface area contributed by atoms with Crippen molar-refractivity contribution in [2.45, 2.75) is 37.8 Å². The molecule has 0 spiro atoms. The van der Waals surface area contributed by atoms with Gasteiger partial charge in [-0.3, -0.25) is 4.90 Å². The summed E-state index contributed by atoms with van der Waals surface area (Å²) in [5.74, 6) is 0.812. The molecule has 1 N–H and O–H groups in total. The van der Waals surface area contributed by atoms with E-state index < -0.39 is 5.60 Å². The lowest BCUT2D eigenvalue weighted by molar-refractivity contribution is 0.0140. The normalized spacial score (nSPS) is 19.2. The van der Waals surface area contributed by atoms with E-state index in [1.54, 1.807) is 12.4 Å². The molecular weight excluding hydrogens is 202 g/mol. The number of hydrogen-bond donors (Lipinski definition) is 1. The minimum Gasteiger partial charge on any atom is -0.389 e. The average Bonchev–Trinajstić information content (AvgIpc) is 2.66. The lowest BCUT2D eigenvalue weighted by Gasteiger charge is -2.28. The van der Waals surface area contributed by atoms with Crippen LogP contribution in [0.1, 0.15) is 31.5 Å². The second-order valence-electron chi connectivity index (χ2n) is 4.77. The Balaban J connectivity index is 1.86. The smallest absolute Gasteiger partial charge is 0.142 e. The van der Waals surface area contributed by atoms with Crippen molar-refractivity contribution < 1.29 is 5.11 Å². The largest absolute Gasteiger partial charge is 0.389 e. The minimum atomic E-state index is -0.483. The average molecular weight is 221 g/mol. The summed E-state index contributed by atoms with van der Waals surface area (Å²) in [5.41, 5.74) is -0.483. The number of likely N-dealkylation sites (N-methyl/N-ethyl adjacent to an activating group) is 1. The van der Waals surface area contributed by atoms with Gasteiger partial charge >= 0.3 is 0 Å². The summed E-state index contributed by atoms with van der Waals surface area (Å²) in [7, 11) is 2.01. The molecule has 1 aromatic rings. The van der Waals surface area contributed by atoms with Crippen LogP contribution in [-0.2, 0) is 6.54 Å². The molecule has 0 aliphatic heterocycles. The lowest BCUT2D eigenvalue weighted by atomic mass is 10.0. The molecule has 1 saturated carbocycles. The molecule has 1 aromatic heterocycles. The van der Waals surface area contributed by atoms with Gasteiger partial charge in [-0.2, -0.15) is 0 Å². The van der Waals surface area contributed by atoms with Crippen LogP contribution in [0, 0.1) is 0 Å². The van der Waals surface area contributed by atoms with Crippen molar-refractivity contribution in [3.8, 4) is 0 Å². The van der Waals surface area contributed by atoms with Gasteiger partial charge in [-0.15, -0.1) is 0 Å². The van der Waals surface area contributed by atoms with Crippen LogP contribution in [0.25, 0.3) is 0 Å². The Labute approximate surface area is 96.3 Å². The van der Waals surface area contributed by atoms with E-state index >= 15 is 0 Å². The molecule has 16 heavy (non-hydrogen) atoms. The maximum Gasteiger partial charge on any atom is 0.142 e. The first-order chi connectivity index (χ1) is 7.68. The molecule has 1 heterocycles. The molecule has 0 aromatic carbocycles. The van der Waals surface area contributed by atoms with Gasteiger partial charge in [-0.05, 0) is 26.0 Å². The third-order valence-corrected chi connectivity index (χ3v) is 3.13. The highest BCUT2D eigenvalue weighted by atomic mass is 16.3. The van der Waals surface area contributed by atoms with Crippen LogP contribution in [0.5, 0.6) is 0 Å². The Morgan fingerprint density at radius 3 is 2.56 bits per heavy atom. The Kier molecular flexibility index (Phi) is 3.51. The first kappa shape index (κ1) is 11.5. The quantitative estimate of drug-likeness (QED) is 0.830. The maximum atomic E-state index is 10.3. The molecule has 1 aliphatic rings. The summed E-state index contributed by atoms with van der Waals surface area (Å²) in [6.45, 7) is 1.41. The lowest BCUT2D eigenvalue weighted by Crippen LogP contribution is -2.39. The molecule has 4 nitrogen and oxygen atoms in total. The van der Waals surface area contributed by atoms with Gasteiger partial charge in [-0.1, -0.05) is 12.8 Å². The molecule has 1 aliphatic carbocycles. The predicted molar refractivity (Wildman–Crippen MR) is 61.8 cm³/mol. The molecule has 0 unspecified atom stereocenters. The van der Waals surface area contributed by atoms with E-state index in [1.165, 1.54) is 0 Å². The standard InChI is InChI=1S/C12H19N3O/c1-15(9-11-13-7-4-8-14-11)10-12(16)5-2-3-6-12/h4,7-8,16H,2-3,5-6,9-10H2,1H3. The van der Waals surface area contributed by atoms with E-state index in [0.717, 1.165) is 31.5 Å². The van der Waals surface area contributed by atoms with Gasteiger partial charge in [0, 0.05) is 18.9 Å². The summed E-state index contributed by atoms with van der Waals surface area (Å²) < 4.78 is 0. The van der Waals surface area contributed by atoms with Gasteiger partial charge in [0.1, 0.15) is 5.82 Å². The van der Waals surface area contributed by atoms with Crippen LogP contribution < -0.4 is 0 Å². The second kappa shape index (κ2) is 4.89. The third-order valence-electron chi connectivity index (χ3n) is 3.13. The Morgan fingerprint density at radius 1 is 1.31 bits per heavy atom. The van der Waals surface area contributed by atoms with Crippen LogP contribution in [-0.4, -0.2) is 39.2 Å². The summed E-state index contributed by atoms with van der Waals surface area (Å²) in [5, 5.41) is 10.3. The first-order valence-corrected chi connectivity index (χ1v) is 5.85. The van der Waals surface area contributed by atoms with Crippen LogP contribution in [0.3, 0.4) is 0 Å². The first-order valence-electron chi connectivity index (χ1n) is 5.85. The fourth-order valence-corrected chi connectivity index (χ4v) is 2.40. The molecule has 4 heteroatoms. The monoisotopic (exact) mass is 221 g/mol. The second-order valence-corrected chi connectivity index (χ2v) is 4.77. The number of nitrogens with zero attached hydrogens (tertiary/aromatic N) is 3. The van der Waals surface area contributed by atoms with Crippen molar-refractivity contribution in [2.75, 3.05) is 13.6 Å². The van der Waals surface area contributed by atoms with Gasteiger partial charge in [0.25, 0.3) is 0 Å². The molecule has 0 bridgehead atoms. The summed E-state index contributed by atoms with van der Waals surface area (Å²) >= 11 is 0. The number of aliphatic hydroxyl groups is 1. The highest BCUT2D eigenvalue weighted by Crippen LogP contribution is 2.29. The van der Waals surface area contributed by atoms with E-state index in [2.05, 4.69) is 14.9 Å². The molecule has 2 rings (SSSR count). The number of rotatable bonds is 4. The number of aromatic nitrogens is 2. The Bertz CT molecular complexity index is 322. The molecule has 0 radical (unpaired) electrons. The van der Waals surface area contributed by atoms with Gasteiger partial charge in [-0.25, -0.2) is 9.97 Å². The van der Waals surface area contributed by atoms with Gasteiger partial charge in [0.15, 0.2) is 0 Å². The van der Waals surface area contributed by atoms with E-state index in [-0.39, 0.29) is 0 Å². The fraction of sp³-hybridized carbons (Fsp3) is 0.667. The van der Waals surface area contributed by atoms with Crippen LogP contribution in [0.4, 0.5) is 0 Å². The van der Waals surface area contributed by atoms with Crippen molar-refractivity contribution in [1.29, 1.82) is 0 Å². The van der Waals surface area contributed by atoms with E-state index in [4.69, 9.17) is 0 Å². The zero-order valence-corrected chi connectivity index (χ0v) is 9.76. The van der Waals surface area contributed by atoms with Crippen molar-refractivity contribution in [3.63, 3.8) is 0 Å². The highest BCUT2D eigenvalue weighted by molar-refractivity contribution is 4.91. The zero-order chi connectivity index (χ0) is 11.4. The molecule has 0 atom stereocenters. The van der Waals surface area contributed by atoms with Crippen molar-refractivity contribution >= 4 is 0 Å². The van der Waals surface area contributed by atoms with Gasteiger partial charge in [0.2, 0.25) is 0 Å². The van der Waals surface area contributed by atoms with Crippen LogP contribution in [0.15, 0.2) is 18.5 Å². The van der Waals surface area contributed by atoms with E-state index in [1.807, 2.05) is 13.1 Å². The fourth-order valence-electron chi connectivity index (χ4n) is 2.40. The SMILES string of the molecule is CN(Cc1ncccn1)CC1(O)CCCC1. The molecular formula is C12H19N3O. The maximum absolute atomic E-state index is 10.3. The van der Waals surface area contributed by atoms with Gasteiger partial charge in [0.05, 0.1) is 12.1 Å². The summed E-state index contributed by atoms with van der Waals surface area (Å²) in [4.78, 5) is 10.5. The van der Waals surface area contributed by atoms with Gasteiger partial charge < -0.3 is 5.11 Å². The Morgan fingerprint density at radius 2 is 1.94 bits per heavy atom. The Hall–Kier alpha value is -1.00. The summed E-state index contributed by atoms with van der Waals surface area (Å²) in [6.07, 6.45) is 7.64. The molecule has 0 saturated heterocycles. The van der Waals surface area contributed by atoms with Crippen molar-refractivity contribution in [3.05, 3.63) is 24.3 Å². The third kappa shape index (κ3) is 3.00. The van der Waals surface area contributed by atoms with Crippen molar-refractivity contribution in [2.24, 2.45) is 0 Å². The van der Waals surface area contributed by atoms with E-state index in [9.17, 15) is 5.11 Å². The zero-order valence-electron chi connectivity index (χ0n) is 9.76. The number of hydrogen-bond acceptors (Lipinski definition) is 4. The van der Waals surface area contributed by atoms with Crippen LogP contribution >= 0.6 is 0 Å². The molecule has 0 amide bonds. The molecule has 1 fully saturated rings. The predicted octanol–water partition coefficient (Wildman–Crippen LogP) is 1.21. The summed E-state index contributed by atoms with van der Waals surface area (Å²) in [6, 6.07) is 1.81.